The topological polar surface area (TPSA) is 76.1 Å². The largest absolute Gasteiger partial charge is 0.478 e. The molecule has 1 aromatic carbocycles. The quantitative estimate of drug-likeness (QED) is 0.666. The third-order valence-corrected chi connectivity index (χ3v) is 5.61. The number of hydrogen-bond acceptors (Lipinski definition) is 5. The summed E-state index contributed by atoms with van der Waals surface area (Å²) in [6.07, 6.45) is -0.0867. The maximum absolute atomic E-state index is 13.3. The maximum Gasteiger partial charge on any atom is 0.337 e. The number of aliphatic carboxylic acids is 1. The summed E-state index contributed by atoms with van der Waals surface area (Å²) in [5.74, 6) is -1.63. The van der Waals surface area contributed by atoms with Gasteiger partial charge in [-0.15, -0.1) is 0 Å². The first kappa shape index (κ1) is 23.0. The zero-order chi connectivity index (χ0) is 21.9. The number of hydrogen-bond donors (Lipinski definition) is 1. The van der Waals surface area contributed by atoms with Gasteiger partial charge in [0.1, 0.15) is 0 Å². The summed E-state index contributed by atoms with van der Waals surface area (Å²) in [6.45, 7) is 7.32. The number of carbonyl (C=O) groups excluding carboxylic acids is 1. The molecular weight excluding hydrogens is 394 g/mol. The third-order valence-electron chi connectivity index (χ3n) is 5.36. The fraction of sp³-hybridized carbons (Fsp3) is 0.455. The van der Waals surface area contributed by atoms with Crippen LogP contribution in [0.3, 0.4) is 0 Å². The second-order valence-corrected chi connectivity index (χ2v) is 7.83. The van der Waals surface area contributed by atoms with Crippen molar-refractivity contribution >= 4 is 23.5 Å². The fourth-order valence-electron chi connectivity index (χ4n) is 3.93. The van der Waals surface area contributed by atoms with Crippen molar-refractivity contribution in [1.29, 1.82) is 0 Å². The van der Waals surface area contributed by atoms with Crippen molar-refractivity contribution in [2.45, 2.75) is 45.6 Å². The molecule has 0 fully saturated rings. The van der Waals surface area contributed by atoms with Crippen molar-refractivity contribution in [2.24, 2.45) is 0 Å². The van der Waals surface area contributed by atoms with E-state index in [1.54, 1.807) is 71.0 Å². The summed E-state index contributed by atoms with van der Waals surface area (Å²) >= 11 is 6.08. The SMILES string of the molecule is COCCC1(c2ccc(Cl)cc2)C(C(=O)O)=C(C)N(C)C(C)=C1C(=O)OC(C)C. The lowest BCUT2D eigenvalue weighted by Gasteiger charge is -2.44. The van der Waals surface area contributed by atoms with E-state index >= 15 is 0 Å². The van der Waals surface area contributed by atoms with Crippen molar-refractivity contribution in [3.63, 3.8) is 0 Å². The van der Waals surface area contributed by atoms with Crippen LogP contribution in [0.25, 0.3) is 0 Å². The van der Waals surface area contributed by atoms with Crippen LogP contribution in [0.2, 0.25) is 5.02 Å². The number of benzene rings is 1. The summed E-state index contributed by atoms with van der Waals surface area (Å²) in [4.78, 5) is 27.5. The van der Waals surface area contributed by atoms with Crippen LogP contribution in [0, 0.1) is 0 Å². The van der Waals surface area contributed by atoms with Crippen molar-refractivity contribution in [2.75, 3.05) is 20.8 Å². The molecule has 0 aliphatic carbocycles. The van der Waals surface area contributed by atoms with E-state index in [1.807, 2.05) is 0 Å². The Morgan fingerprint density at radius 3 is 2.17 bits per heavy atom. The van der Waals surface area contributed by atoms with Crippen LogP contribution in [-0.4, -0.2) is 48.8 Å². The number of carbonyl (C=O) groups is 2. The van der Waals surface area contributed by atoms with Gasteiger partial charge in [0.05, 0.1) is 22.7 Å². The Hall–Kier alpha value is -2.31. The molecule has 158 valence electrons. The second kappa shape index (κ2) is 9.01. The minimum Gasteiger partial charge on any atom is -0.478 e. The lowest BCUT2D eigenvalue weighted by molar-refractivity contribution is -0.143. The van der Waals surface area contributed by atoms with Crippen molar-refractivity contribution < 1.29 is 24.2 Å². The van der Waals surface area contributed by atoms with E-state index in [4.69, 9.17) is 21.1 Å². The Bertz CT molecular complexity index is 856. The van der Waals surface area contributed by atoms with Gasteiger partial charge in [0.15, 0.2) is 0 Å². The van der Waals surface area contributed by atoms with E-state index in [9.17, 15) is 14.7 Å². The van der Waals surface area contributed by atoms with E-state index in [-0.39, 0.29) is 24.7 Å². The summed E-state index contributed by atoms with van der Waals surface area (Å²) in [6, 6.07) is 6.91. The van der Waals surface area contributed by atoms with Crippen LogP contribution < -0.4 is 0 Å². The number of methoxy groups -OCH3 is 1. The van der Waals surface area contributed by atoms with Gasteiger partial charge < -0.3 is 19.5 Å². The molecule has 1 aromatic rings. The highest BCUT2D eigenvalue weighted by Crippen LogP contribution is 2.49. The fourth-order valence-corrected chi connectivity index (χ4v) is 4.06. The molecular formula is C22H28ClNO5. The van der Waals surface area contributed by atoms with Gasteiger partial charge in [-0.1, -0.05) is 23.7 Å². The molecule has 1 heterocycles. The third kappa shape index (κ3) is 4.19. The van der Waals surface area contributed by atoms with Gasteiger partial charge in [0.2, 0.25) is 0 Å². The number of allylic oxidation sites excluding steroid dienone is 2. The highest BCUT2D eigenvalue weighted by atomic mass is 35.5. The van der Waals surface area contributed by atoms with E-state index in [0.29, 0.717) is 27.6 Å². The van der Waals surface area contributed by atoms with Gasteiger partial charge >= 0.3 is 11.9 Å². The minimum atomic E-state index is -1.24. The van der Waals surface area contributed by atoms with Crippen LogP contribution >= 0.6 is 11.6 Å². The van der Waals surface area contributed by atoms with Crippen LogP contribution in [-0.2, 0) is 24.5 Å². The highest BCUT2D eigenvalue weighted by molar-refractivity contribution is 6.30. The number of esters is 1. The molecule has 1 atom stereocenters. The maximum atomic E-state index is 13.3. The van der Waals surface area contributed by atoms with Gasteiger partial charge in [-0.05, 0) is 51.8 Å². The van der Waals surface area contributed by atoms with Crippen LogP contribution in [0.5, 0.6) is 0 Å². The van der Waals surface area contributed by atoms with Gasteiger partial charge in [-0.25, -0.2) is 9.59 Å². The lowest BCUT2D eigenvalue weighted by Crippen LogP contribution is -2.46. The summed E-state index contributed by atoms with van der Waals surface area (Å²) < 4.78 is 10.9. The monoisotopic (exact) mass is 421 g/mol. The molecule has 0 saturated heterocycles. The number of carboxylic acid groups (broad SMARTS) is 1. The van der Waals surface area contributed by atoms with E-state index in [0.717, 1.165) is 0 Å². The molecule has 2 rings (SSSR count). The molecule has 7 heteroatoms. The van der Waals surface area contributed by atoms with E-state index in [2.05, 4.69) is 0 Å². The van der Waals surface area contributed by atoms with Crippen molar-refractivity contribution in [3.8, 4) is 0 Å². The molecule has 0 bridgehead atoms. The summed E-state index contributed by atoms with van der Waals surface area (Å²) in [7, 11) is 3.29. The predicted molar refractivity (Wildman–Crippen MR) is 112 cm³/mol. The average Bonchev–Trinajstić information content (AvgIpc) is 2.64. The molecule has 0 amide bonds. The molecule has 1 unspecified atom stereocenters. The summed E-state index contributed by atoms with van der Waals surface area (Å²) in [5, 5.41) is 10.7. The standard InChI is InChI=1S/C22H28ClNO5/c1-13(2)29-21(27)19-15(4)24(5)14(3)18(20(25)26)22(19,11-12-28-6)16-7-9-17(23)10-8-16/h7-10,13H,11-12H2,1-6H3,(H,25,26). The molecule has 0 spiro atoms. The van der Waals surface area contributed by atoms with Gasteiger partial charge in [-0.2, -0.15) is 0 Å². The van der Waals surface area contributed by atoms with E-state index in [1.165, 1.54) is 0 Å². The first-order valence-electron chi connectivity index (χ1n) is 9.43. The predicted octanol–water partition coefficient (Wildman–Crippen LogP) is 4.14. The molecule has 1 aliphatic rings. The van der Waals surface area contributed by atoms with Gasteiger partial charge in [0, 0.05) is 37.2 Å². The smallest absolute Gasteiger partial charge is 0.337 e. The number of halogens is 1. The zero-order valence-corrected chi connectivity index (χ0v) is 18.5. The molecule has 1 aliphatic heterocycles. The summed E-state index contributed by atoms with van der Waals surface area (Å²) in [5.41, 5.74) is 1.04. The second-order valence-electron chi connectivity index (χ2n) is 7.39. The lowest BCUT2D eigenvalue weighted by atomic mass is 9.63. The zero-order valence-electron chi connectivity index (χ0n) is 17.7. The van der Waals surface area contributed by atoms with Crippen LogP contribution in [0.4, 0.5) is 0 Å². The highest BCUT2D eigenvalue weighted by Gasteiger charge is 2.51. The Morgan fingerprint density at radius 2 is 1.69 bits per heavy atom. The number of carboxylic acids is 1. The first-order valence-corrected chi connectivity index (χ1v) is 9.81. The first-order chi connectivity index (χ1) is 13.6. The average molecular weight is 422 g/mol. The van der Waals surface area contributed by atoms with Crippen LogP contribution in [0.1, 0.15) is 39.7 Å². The van der Waals surface area contributed by atoms with Crippen molar-refractivity contribution in [3.05, 3.63) is 57.4 Å². The van der Waals surface area contributed by atoms with Crippen LogP contribution in [0.15, 0.2) is 46.8 Å². The van der Waals surface area contributed by atoms with E-state index < -0.39 is 17.4 Å². The Kier molecular flexibility index (Phi) is 7.14. The van der Waals surface area contributed by atoms with Gasteiger partial charge in [-0.3, -0.25) is 0 Å². The Balaban J connectivity index is 2.93. The van der Waals surface area contributed by atoms with Gasteiger partial charge in [0.25, 0.3) is 0 Å². The number of rotatable bonds is 7. The normalized spacial score (nSPS) is 19.8. The molecule has 0 radical (unpaired) electrons. The number of nitrogens with zero attached hydrogens (tertiary/aromatic N) is 1. The molecule has 29 heavy (non-hydrogen) atoms. The molecule has 0 saturated carbocycles. The molecule has 6 nitrogen and oxygen atoms in total. The van der Waals surface area contributed by atoms with Crippen molar-refractivity contribution in [1.82, 2.24) is 4.90 Å². The Labute approximate surface area is 176 Å². The minimum absolute atomic E-state index is 0.126. The molecule has 0 aromatic heterocycles. The number of ether oxygens (including phenoxy) is 2. The Morgan fingerprint density at radius 1 is 1.14 bits per heavy atom. The molecule has 1 N–H and O–H groups in total.